The van der Waals surface area contributed by atoms with E-state index in [2.05, 4.69) is 21.9 Å². The maximum Gasteiger partial charge on any atom is 0.408 e. The lowest BCUT2D eigenvalue weighted by Gasteiger charge is -2.29. The van der Waals surface area contributed by atoms with E-state index in [-0.39, 0.29) is 24.3 Å². The van der Waals surface area contributed by atoms with Gasteiger partial charge in [-0.3, -0.25) is 14.4 Å². The van der Waals surface area contributed by atoms with E-state index in [1.807, 2.05) is 30.3 Å². The first kappa shape index (κ1) is 41.3. The van der Waals surface area contributed by atoms with E-state index >= 15 is 0 Å². The topological polar surface area (TPSA) is 199 Å². The van der Waals surface area contributed by atoms with Gasteiger partial charge in [0.05, 0.1) is 29.8 Å². The van der Waals surface area contributed by atoms with Gasteiger partial charge in [-0.15, -0.1) is 6.58 Å². The molecule has 1 saturated heterocycles. The number of fused-ring (bicyclic) bond motifs is 1. The van der Waals surface area contributed by atoms with Crippen LogP contribution in [0, 0.1) is 5.92 Å². The monoisotopic (exact) mass is 811 g/mol. The number of benzene rings is 3. The minimum atomic E-state index is -4.31. The van der Waals surface area contributed by atoms with Crippen LogP contribution in [0.4, 0.5) is 4.79 Å². The largest absolute Gasteiger partial charge is 0.497 e. The smallest absolute Gasteiger partial charge is 0.408 e. The molecule has 3 N–H and O–H groups in total. The maximum atomic E-state index is 14.4. The van der Waals surface area contributed by atoms with E-state index in [9.17, 15) is 32.4 Å². The molecule has 0 bridgehead atoms. The SMILES string of the molecule is C=C[C@@H]1C[C@]1(NC(=O)[C@@H]1C[C@@H](Oc2cc(-c3ccccc3)nc3cc(OC)ccc23)CN1C(=O)[C@H](CC=O)NC(=O)OC(C)(C)C)C(=O)NS(=O)(=O)c1ccccc1. The Balaban J connectivity index is 1.33. The summed E-state index contributed by atoms with van der Waals surface area (Å²) < 4.78 is 45.8. The number of carbonyl (C=O) groups excluding carboxylic acids is 5. The number of aldehydes is 1. The predicted molar refractivity (Wildman–Crippen MR) is 213 cm³/mol. The van der Waals surface area contributed by atoms with Gasteiger partial charge < -0.3 is 34.5 Å². The van der Waals surface area contributed by atoms with Gasteiger partial charge in [0.1, 0.15) is 47.1 Å². The van der Waals surface area contributed by atoms with E-state index in [0.717, 1.165) is 5.56 Å². The highest BCUT2D eigenvalue weighted by molar-refractivity contribution is 7.90. The number of pyridine rings is 1. The average Bonchev–Trinajstić information content (AvgIpc) is 3.75. The summed E-state index contributed by atoms with van der Waals surface area (Å²) in [5.74, 6) is -2.20. The van der Waals surface area contributed by atoms with Crippen LogP contribution in [0.1, 0.15) is 40.0 Å². The molecule has 2 aliphatic rings. The van der Waals surface area contributed by atoms with E-state index in [1.54, 1.807) is 58.2 Å². The number of hydrogen-bond donors (Lipinski definition) is 3. The van der Waals surface area contributed by atoms with E-state index in [4.69, 9.17) is 19.2 Å². The van der Waals surface area contributed by atoms with Gasteiger partial charge in [-0.25, -0.2) is 22.9 Å². The highest BCUT2D eigenvalue weighted by Crippen LogP contribution is 2.45. The highest BCUT2D eigenvalue weighted by Gasteiger charge is 2.61. The summed E-state index contributed by atoms with van der Waals surface area (Å²) in [6.07, 6.45) is -0.348. The minimum Gasteiger partial charge on any atom is -0.497 e. The summed E-state index contributed by atoms with van der Waals surface area (Å²) in [6, 6.07) is 21.0. The zero-order valence-corrected chi connectivity index (χ0v) is 33.3. The lowest BCUT2D eigenvalue weighted by atomic mass is 10.1. The molecule has 1 aromatic heterocycles. The summed E-state index contributed by atoms with van der Waals surface area (Å²) in [7, 11) is -2.77. The third-order valence-electron chi connectivity index (χ3n) is 9.84. The average molecular weight is 812 g/mol. The van der Waals surface area contributed by atoms with Crippen molar-refractivity contribution in [2.45, 2.75) is 74.3 Å². The Kier molecular flexibility index (Phi) is 11.9. The van der Waals surface area contributed by atoms with E-state index in [1.165, 1.54) is 35.2 Å². The third-order valence-corrected chi connectivity index (χ3v) is 11.2. The van der Waals surface area contributed by atoms with Crippen molar-refractivity contribution >= 4 is 51.0 Å². The molecule has 1 aliphatic heterocycles. The second-order valence-corrected chi connectivity index (χ2v) is 16.8. The Labute approximate surface area is 336 Å². The quantitative estimate of drug-likeness (QED) is 0.121. The van der Waals surface area contributed by atoms with Gasteiger partial charge in [0.2, 0.25) is 11.8 Å². The number of nitrogens with zero attached hydrogens (tertiary/aromatic N) is 2. The number of aromatic nitrogens is 1. The number of amides is 4. The van der Waals surface area contributed by atoms with Gasteiger partial charge in [-0.2, -0.15) is 0 Å². The first-order valence-electron chi connectivity index (χ1n) is 18.6. The highest BCUT2D eigenvalue weighted by atomic mass is 32.2. The normalized spacial score (nSPS) is 20.6. The predicted octanol–water partition coefficient (Wildman–Crippen LogP) is 4.31. The molecule has 1 saturated carbocycles. The van der Waals surface area contributed by atoms with Crippen LogP contribution in [-0.4, -0.2) is 91.4 Å². The Morgan fingerprint density at radius 2 is 1.71 bits per heavy atom. The molecule has 58 heavy (non-hydrogen) atoms. The number of rotatable bonds is 14. The fourth-order valence-corrected chi connectivity index (χ4v) is 7.95. The fourth-order valence-electron chi connectivity index (χ4n) is 6.89. The molecular weight excluding hydrogens is 767 g/mol. The van der Waals surface area contributed by atoms with Crippen LogP contribution >= 0.6 is 0 Å². The van der Waals surface area contributed by atoms with Crippen LogP contribution in [0.15, 0.2) is 102 Å². The standard InChI is InChI=1S/C42H45N5O10S/c1-6-27-24-42(27,39(51)46-58(53,54)30-15-11-8-12-16-30)45-37(49)35-22-29(25-47(35)38(50)32(19-20-48)44-40(52)57-41(2,3)4)56-36-23-33(26-13-9-7-10-14-26)43-34-21-28(55-5)17-18-31(34)36/h6-18,20-21,23,27,29,32,35H,1,19,22,24-25H2,2-5H3,(H,44,52)(H,45,49)(H,46,51)/t27-,29-,32+,35+,42-/m1/s1. The van der Waals surface area contributed by atoms with Crippen molar-refractivity contribution in [1.82, 2.24) is 25.2 Å². The van der Waals surface area contributed by atoms with Gasteiger partial charge in [-0.05, 0) is 51.5 Å². The van der Waals surface area contributed by atoms with Crippen LogP contribution in [-0.2, 0) is 33.9 Å². The lowest BCUT2D eigenvalue weighted by Crippen LogP contribution is -2.58. The second-order valence-electron chi connectivity index (χ2n) is 15.1. The van der Waals surface area contributed by atoms with Gasteiger partial charge in [0.15, 0.2) is 0 Å². The molecule has 4 amide bonds. The molecular formula is C42H45N5O10S. The van der Waals surface area contributed by atoms with Crippen LogP contribution in [0.25, 0.3) is 22.2 Å². The first-order chi connectivity index (χ1) is 27.6. The second kappa shape index (κ2) is 16.7. The van der Waals surface area contributed by atoms with Crippen molar-refractivity contribution in [1.29, 1.82) is 0 Å². The van der Waals surface area contributed by atoms with Crippen molar-refractivity contribution in [2.24, 2.45) is 5.92 Å². The number of alkyl carbamates (subject to hydrolysis) is 1. The molecule has 304 valence electrons. The van der Waals surface area contributed by atoms with Gasteiger partial charge in [0.25, 0.3) is 15.9 Å². The van der Waals surface area contributed by atoms with Crippen molar-refractivity contribution in [3.05, 3.63) is 97.6 Å². The molecule has 0 unspecified atom stereocenters. The number of carbonyl (C=O) groups is 5. The molecule has 4 aromatic rings. The first-order valence-corrected chi connectivity index (χ1v) is 20.1. The van der Waals surface area contributed by atoms with Gasteiger partial charge >= 0.3 is 6.09 Å². The summed E-state index contributed by atoms with van der Waals surface area (Å²) in [6.45, 7) is 8.50. The Morgan fingerprint density at radius 1 is 1.02 bits per heavy atom. The Hall–Kier alpha value is -6.29. The third kappa shape index (κ3) is 9.12. The molecule has 2 heterocycles. The number of hydrogen-bond acceptors (Lipinski definition) is 11. The van der Waals surface area contributed by atoms with Crippen LogP contribution in [0.5, 0.6) is 11.5 Å². The summed E-state index contributed by atoms with van der Waals surface area (Å²) in [5.41, 5.74) is -0.658. The maximum absolute atomic E-state index is 14.4. The van der Waals surface area contributed by atoms with Gasteiger partial charge in [0, 0.05) is 41.8 Å². The van der Waals surface area contributed by atoms with Crippen molar-refractivity contribution in [3.63, 3.8) is 0 Å². The van der Waals surface area contributed by atoms with Crippen LogP contribution < -0.4 is 24.8 Å². The lowest BCUT2D eigenvalue weighted by molar-refractivity contribution is -0.141. The molecule has 2 fully saturated rings. The number of ether oxygens (including phenoxy) is 3. The van der Waals surface area contributed by atoms with E-state index in [0.29, 0.717) is 34.4 Å². The molecule has 3 aromatic carbocycles. The Bertz CT molecular complexity index is 2330. The molecule has 0 radical (unpaired) electrons. The van der Waals surface area contributed by atoms with Crippen molar-refractivity contribution in [2.75, 3.05) is 13.7 Å². The molecule has 16 heteroatoms. The zero-order chi connectivity index (χ0) is 41.8. The van der Waals surface area contributed by atoms with E-state index < -0.39 is 75.5 Å². The van der Waals surface area contributed by atoms with Crippen molar-refractivity contribution in [3.8, 4) is 22.8 Å². The molecule has 1 aliphatic carbocycles. The van der Waals surface area contributed by atoms with Crippen molar-refractivity contribution < 1.29 is 46.6 Å². The molecule has 15 nitrogen and oxygen atoms in total. The zero-order valence-electron chi connectivity index (χ0n) is 32.5. The Morgan fingerprint density at radius 3 is 2.33 bits per heavy atom. The number of nitrogens with one attached hydrogen (secondary N) is 3. The number of sulfonamides is 1. The number of methoxy groups -OCH3 is 1. The minimum absolute atomic E-state index is 0.0433. The van der Waals surface area contributed by atoms with Gasteiger partial charge in [-0.1, -0.05) is 54.6 Å². The summed E-state index contributed by atoms with van der Waals surface area (Å²) in [4.78, 5) is 72.9. The molecule has 5 atom stereocenters. The number of likely N-dealkylation sites (tertiary alicyclic amines) is 1. The summed E-state index contributed by atoms with van der Waals surface area (Å²) >= 11 is 0. The molecule has 0 spiro atoms. The molecule has 6 rings (SSSR count). The van der Waals surface area contributed by atoms with Crippen LogP contribution in [0.3, 0.4) is 0 Å². The summed E-state index contributed by atoms with van der Waals surface area (Å²) in [5, 5.41) is 5.80. The fraction of sp³-hybridized carbons (Fsp3) is 0.333. The van der Waals surface area contributed by atoms with Crippen LogP contribution in [0.2, 0.25) is 0 Å².